The summed E-state index contributed by atoms with van der Waals surface area (Å²) in [4.78, 5) is 0. The SMILES string of the molecule is C=C[C@@H]1C[N+]2(Cc3cc(OC)ccc3Br)CCC1C[C@@H]2[C@@H](O)c1cc[n+](Cc2cc(C)ccc2Br)c2ccccc12. The van der Waals surface area contributed by atoms with Gasteiger partial charge in [0.2, 0.25) is 5.52 Å². The van der Waals surface area contributed by atoms with Crippen LogP contribution < -0.4 is 9.30 Å². The van der Waals surface area contributed by atoms with Crippen LogP contribution in [0.5, 0.6) is 5.75 Å². The molecular formula is C35H38Br2N2O2+2. The number of fused-ring (bicyclic) bond motifs is 4. The third-order valence-electron chi connectivity index (χ3n) is 9.60. The Hall–Kier alpha value is -2.51. The molecule has 0 aliphatic carbocycles. The molecule has 41 heavy (non-hydrogen) atoms. The van der Waals surface area contributed by atoms with E-state index in [2.05, 4.69) is 123 Å². The van der Waals surface area contributed by atoms with Gasteiger partial charge in [0.15, 0.2) is 12.7 Å². The minimum Gasteiger partial charge on any atom is -0.497 e. The molecule has 3 aliphatic rings. The maximum absolute atomic E-state index is 12.3. The largest absolute Gasteiger partial charge is 0.497 e. The molecule has 3 aromatic carbocycles. The summed E-state index contributed by atoms with van der Waals surface area (Å²) in [5.74, 6) is 1.91. The molecule has 2 unspecified atom stereocenters. The van der Waals surface area contributed by atoms with Gasteiger partial charge in [-0.3, -0.25) is 0 Å². The average molecular weight is 679 g/mol. The van der Waals surface area contributed by atoms with Crippen molar-refractivity contribution in [3.63, 3.8) is 0 Å². The van der Waals surface area contributed by atoms with Crippen molar-refractivity contribution < 1.29 is 18.9 Å². The van der Waals surface area contributed by atoms with Gasteiger partial charge in [0, 0.05) is 56.5 Å². The van der Waals surface area contributed by atoms with Crippen molar-refractivity contribution in [3.8, 4) is 5.75 Å². The Labute approximate surface area is 260 Å². The molecule has 0 spiro atoms. The van der Waals surface area contributed by atoms with Crippen molar-refractivity contribution in [3.05, 3.63) is 117 Å². The van der Waals surface area contributed by atoms with Gasteiger partial charge in [0.05, 0.1) is 25.6 Å². The van der Waals surface area contributed by atoms with Gasteiger partial charge in [-0.25, -0.2) is 0 Å². The minimum absolute atomic E-state index is 0.105. The van der Waals surface area contributed by atoms with Gasteiger partial charge < -0.3 is 14.3 Å². The fraction of sp³-hybridized carbons (Fsp3) is 0.343. The van der Waals surface area contributed by atoms with Crippen LogP contribution in [0.4, 0.5) is 0 Å². The summed E-state index contributed by atoms with van der Waals surface area (Å²) in [6.45, 7) is 10.0. The van der Waals surface area contributed by atoms with Crippen LogP contribution in [0.25, 0.3) is 10.9 Å². The zero-order valence-corrected chi connectivity index (χ0v) is 26.9. The maximum atomic E-state index is 12.3. The van der Waals surface area contributed by atoms with E-state index in [1.807, 2.05) is 6.07 Å². The summed E-state index contributed by atoms with van der Waals surface area (Å²) in [6, 6.07) is 23.5. The number of halogens is 2. The monoisotopic (exact) mass is 676 g/mol. The lowest BCUT2D eigenvalue weighted by molar-refractivity contribution is -0.985. The number of aliphatic hydroxyl groups is 1. The van der Waals surface area contributed by atoms with Gasteiger partial charge in [-0.05, 0) is 49.2 Å². The molecule has 2 bridgehead atoms. The van der Waals surface area contributed by atoms with Crippen molar-refractivity contribution in [1.29, 1.82) is 0 Å². The Morgan fingerprint density at radius 1 is 1.07 bits per heavy atom. The first-order valence-corrected chi connectivity index (χ1v) is 16.1. The van der Waals surface area contributed by atoms with Crippen LogP contribution >= 0.6 is 31.9 Å². The van der Waals surface area contributed by atoms with Gasteiger partial charge >= 0.3 is 0 Å². The molecular weight excluding hydrogens is 640 g/mol. The molecule has 3 fully saturated rings. The quantitative estimate of drug-likeness (QED) is 0.118. The molecule has 0 radical (unpaired) electrons. The van der Waals surface area contributed by atoms with Crippen LogP contribution in [0.15, 0.2) is 94.5 Å². The van der Waals surface area contributed by atoms with E-state index in [1.165, 1.54) is 23.1 Å². The second-order valence-corrected chi connectivity index (χ2v) is 13.7. The molecule has 1 aromatic heterocycles. The van der Waals surface area contributed by atoms with E-state index in [1.54, 1.807) is 7.11 Å². The average Bonchev–Trinajstić information content (AvgIpc) is 3.00. The summed E-state index contributed by atoms with van der Waals surface area (Å²) in [5.41, 5.74) is 5.88. The predicted octanol–water partition coefficient (Wildman–Crippen LogP) is 7.66. The Morgan fingerprint density at radius 3 is 2.66 bits per heavy atom. The number of piperidine rings is 3. The maximum Gasteiger partial charge on any atom is 0.213 e. The van der Waals surface area contributed by atoms with Crippen molar-refractivity contribution in [2.75, 3.05) is 20.2 Å². The highest BCUT2D eigenvalue weighted by Crippen LogP contribution is 2.48. The molecule has 7 rings (SSSR count). The van der Waals surface area contributed by atoms with Gasteiger partial charge in [0.25, 0.3) is 0 Å². The number of methoxy groups -OCH3 is 1. The molecule has 4 heterocycles. The lowest BCUT2D eigenvalue weighted by Crippen LogP contribution is -2.67. The van der Waals surface area contributed by atoms with Crippen LogP contribution in [-0.4, -0.2) is 35.8 Å². The topological polar surface area (TPSA) is 33.3 Å². The number of ether oxygens (including phenoxy) is 1. The molecule has 3 aliphatic heterocycles. The number of aromatic nitrogens is 1. The van der Waals surface area contributed by atoms with Gasteiger partial charge in [-0.15, -0.1) is 6.58 Å². The molecule has 1 N–H and O–H groups in total. The highest BCUT2D eigenvalue weighted by Gasteiger charge is 2.54. The molecule has 0 amide bonds. The lowest BCUT2D eigenvalue weighted by Gasteiger charge is -2.58. The van der Waals surface area contributed by atoms with E-state index < -0.39 is 6.10 Å². The number of aliphatic hydroxyl groups excluding tert-OH is 1. The first-order chi connectivity index (χ1) is 19.8. The van der Waals surface area contributed by atoms with E-state index >= 15 is 0 Å². The first-order valence-electron chi connectivity index (χ1n) is 14.5. The van der Waals surface area contributed by atoms with Gasteiger partial charge in [0.1, 0.15) is 24.4 Å². The summed E-state index contributed by atoms with van der Waals surface area (Å²) in [5, 5.41) is 13.4. The second-order valence-electron chi connectivity index (χ2n) is 11.9. The fourth-order valence-corrected chi connectivity index (χ4v) is 8.18. The van der Waals surface area contributed by atoms with Gasteiger partial charge in [-0.2, -0.15) is 4.57 Å². The van der Waals surface area contributed by atoms with Crippen LogP contribution in [0, 0.1) is 18.8 Å². The van der Waals surface area contributed by atoms with Crippen molar-refractivity contribution >= 4 is 42.8 Å². The van der Waals surface area contributed by atoms with E-state index in [4.69, 9.17) is 4.74 Å². The number of hydrogen-bond acceptors (Lipinski definition) is 2. The van der Waals surface area contributed by atoms with Gasteiger partial charge in [-0.1, -0.05) is 61.7 Å². The number of para-hydroxylation sites is 1. The molecule has 5 atom stereocenters. The lowest BCUT2D eigenvalue weighted by atomic mass is 9.71. The molecule has 0 saturated carbocycles. The van der Waals surface area contributed by atoms with E-state index in [9.17, 15) is 5.11 Å². The van der Waals surface area contributed by atoms with E-state index in [0.717, 1.165) is 68.2 Å². The van der Waals surface area contributed by atoms with E-state index in [0.29, 0.717) is 11.8 Å². The van der Waals surface area contributed by atoms with Crippen LogP contribution in [0.3, 0.4) is 0 Å². The third-order valence-corrected chi connectivity index (χ3v) is 11.1. The summed E-state index contributed by atoms with van der Waals surface area (Å²) >= 11 is 7.55. The zero-order chi connectivity index (χ0) is 28.7. The van der Waals surface area contributed by atoms with Crippen LogP contribution in [0.1, 0.15) is 41.2 Å². The number of hydrogen-bond donors (Lipinski definition) is 1. The molecule has 3 saturated heterocycles. The number of nitrogens with zero attached hydrogens (tertiary/aromatic N) is 2. The molecule has 212 valence electrons. The first kappa shape index (κ1) is 28.6. The second kappa shape index (κ2) is 11.6. The van der Waals surface area contributed by atoms with Crippen molar-refractivity contribution in [1.82, 2.24) is 0 Å². The fourth-order valence-electron chi connectivity index (χ4n) is 7.44. The highest BCUT2D eigenvalue weighted by molar-refractivity contribution is 9.10. The molecule has 4 aromatic rings. The predicted molar refractivity (Wildman–Crippen MR) is 172 cm³/mol. The normalized spacial score (nSPS) is 24.4. The Balaban J connectivity index is 1.39. The Kier molecular flexibility index (Phi) is 8.12. The molecule has 6 heteroatoms. The minimum atomic E-state index is -0.571. The summed E-state index contributed by atoms with van der Waals surface area (Å²) in [6.07, 6.45) is 5.91. The van der Waals surface area contributed by atoms with Crippen molar-refractivity contribution in [2.24, 2.45) is 11.8 Å². The van der Waals surface area contributed by atoms with Crippen LogP contribution in [0.2, 0.25) is 0 Å². The Bertz CT molecular complexity index is 1600. The highest BCUT2D eigenvalue weighted by atomic mass is 79.9. The van der Waals surface area contributed by atoms with Crippen molar-refractivity contribution in [2.45, 2.75) is 45.0 Å². The number of pyridine rings is 1. The smallest absolute Gasteiger partial charge is 0.213 e. The summed E-state index contributed by atoms with van der Waals surface area (Å²) < 4.78 is 10.9. The van der Waals surface area contributed by atoms with E-state index in [-0.39, 0.29) is 6.04 Å². The molecule has 4 nitrogen and oxygen atoms in total. The Morgan fingerprint density at radius 2 is 1.85 bits per heavy atom. The number of quaternary nitrogens is 1. The number of aryl methyl sites for hydroxylation is 1. The number of rotatable bonds is 8. The third kappa shape index (κ3) is 5.40. The van der Waals surface area contributed by atoms with Crippen LogP contribution in [-0.2, 0) is 13.1 Å². The zero-order valence-electron chi connectivity index (χ0n) is 23.8. The summed E-state index contributed by atoms with van der Waals surface area (Å²) in [7, 11) is 1.72. The standard InChI is InChI=1S/C35H38Br2N2O2/c1-4-24-21-39(22-27-18-28(41-3)10-12-32(27)37)16-14-25(24)19-34(39)35(40)30-13-15-38(33-8-6-5-7-29(30)33)20-26-17-23(2)9-11-31(26)36/h4-13,15,17-18,24-25,34-35,40H,1,14,16,19-22H2,2-3H3/q+2/t24-,25?,34-,35+,39?/m1/s1. The number of benzene rings is 3.